The van der Waals surface area contributed by atoms with E-state index in [1.54, 1.807) is 0 Å². The van der Waals surface area contributed by atoms with E-state index in [-0.39, 0.29) is 19.0 Å². The first-order valence-corrected chi connectivity index (χ1v) is 8.75. The SMILES string of the molecule is CCCCCCCCc1ccc(C(N)(CO)C(O)CC)cc1.Cl. The number of halogens is 1. The molecule has 1 aromatic carbocycles. The third-order valence-corrected chi connectivity index (χ3v) is 4.55. The maximum absolute atomic E-state index is 10.1. The van der Waals surface area contributed by atoms with Crippen LogP contribution in [0.4, 0.5) is 0 Å². The first-order valence-electron chi connectivity index (χ1n) is 8.75. The summed E-state index contributed by atoms with van der Waals surface area (Å²) in [5.74, 6) is 0. The van der Waals surface area contributed by atoms with Crippen LogP contribution in [0.1, 0.15) is 69.9 Å². The van der Waals surface area contributed by atoms with Gasteiger partial charge in [-0.2, -0.15) is 0 Å². The van der Waals surface area contributed by atoms with Gasteiger partial charge in [-0.15, -0.1) is 12.4 Å². The molecule has 0 radical (unpaired) electrons. The van der Waals surface area contributed by atoms with Crippen molar-refractivity contribution in [2.24, 2.45) is 5.73 Å². The van der Waals surface area contributed by atoms with Crippen LogP contribution in [0.2, 0.25) is 0 Å². The van der Waals surface area contributed by atoms with Crippen molar-refractivity contribution >= 4 is 12.4 Å². The lowest BCUT2D eigenvalue weighted by Crippen LogP contribution is -2.50. The summed E-state index contributed by atoms with van der Waals surface area (Å²) in [6.07, 6.45) is 8.67. The molecule has 0 aliphatic carbocycles. The van der Waals surface area contributed by atoms with Crippen LogP contribution in [0.3, 0.4) is 0 Å². The topological polar surface area (TPSA) is 66.5 Å². The van der Waals surface area contributed by atoms with Crippen LogP contribution in [0.15, 0.2) is 24.3 Å². The van der Waals surface area contributed by atoms with Crippen LogP contribution in [0.5, 0.6) is 0 Å². The van der Waals surface area contributed by atoms with E-state index in [1.807, 2.05) is 19.1 Å². The lowest BCUT2D eigenvalue weighted by molar-refractivity contribution is 0.0384. The highest BCUT2D eigenvalue weighted by Gasteiger charge is 2.33. The molecule has 1 rings (SSSR count). The van der Waals surface area contributed by atoms with Gasteiger partial charge in [0, 0.05) is 0 Å². The average molecular weight is 344 g/mol. The summed E-state index contributed by atoms with van der Waals surface area (Å²) in [6.45, 7) is 3.86. The summed E-state index contributed by atoms with van der Waals surface area (Å²) in [6, 6.07) is 8.03. The molecule has 3 nitrogen and oxygen atoms in total. The van der Waals surface area contributed by atoms with Gasteiger partial charge in [0.2, 0.25) is 0 Å². The van der Waals surface area contributed by atoms with E-state index in [0.717, 1.165) is 12.0 Å². The Kier molecular flexibility index (Phi) is 11.5. The zero-order chi connectivity index (χ0) is 16.4. The maximum Gasteiger partial charge on any atom is 0.0906 e. The molecule has 1 aromatic rings. The Balaban J connectivity index is 0.00000484. The molecule has 2 unspecified atom stereocenters. The van der Waals surface area contributed by atoms with Crippen LogP contribution in [0, 0.1) is 0 Å². The lowest BCUT2D eigenvalue weighted by atomic mass is 9.84. The molecule has 0 aliphatic rings. The number of benzene rings is 1. The van der Waals surface area contributed by atoms with Gasteiger partial charge >= 0.3 is 0 Å². The zero-order valence-electron chi connectivity index (χ0n) is 14.6. The van der Waals surface area contributed by atoms with Crippen molar-refractivity contribution in [1.82, 2.24) is 0 Å². The average Bonchev–Trinajstić information content (AvgIpc) is 2.57. The van der Waals surface area contributed by atoms with Gasteiger partial charge in [-0.25, -0.2) is 0 Å². The first-order chi connectivity index (χ1) is 10.6. The monoisotopic (exact) mass is 343 g/mol. The fourth-order valence-corrected chi connectivity index (χ4v) is 2.84. The predicted molar refractivity (Wildman–Crippen MR) is 100 cm³/mol. The highest BCUT2D eigenvalue weighted by molar-refractivity contribution is 5.85. The number of hydrogen-bond donors (Lipinski definition) is 3. The van der Waals surface area contributed by atoms with Crippen LogP contribution in [0.25, 0.3) is 0 Å². The second kappa shape index (κ2) is 11.9. The van der Waals surface area contributed by atoms with E-state index >= 15 is 0 Å². The molecule has 0 saturated heterocycles. The van der Waals surface area contributed by atoms with Crippen molar-refractivity contribution in [3.8, 4) is 0 Å². The highest BCUT2D eigenvalue weighted by Crippen LogP contribution is 2.24. The largest absolute Gasteiger partial charge is 0.394 e. The third kappa shape index (κ3) is 6.80. The van der Waals surface area contributed by atoms with Crippen molar-refractivity contribution in [3.63, 3.8) is 0 Å². The van der Waals surface area contributed by atoms with Crippen LogP contribution >= 0.6 is 12.4 Å². The van der Waals surface area contributed by atoms with Crippen molar-refractivity contribution in [1.29, 1.82) is 0 Å². The van der Waals surface area contributed by atoms with Gasteiger partial charge in [0.1, 0.15) is 0 Å². The molecule has 0 saturated carbocycles. The Bertz CT molecular complexity index is 410. The third-order valence-electron chi connectivity index (χ3n) is 4.55. The molecule has 0 fully saturated rings. The van der Waals surface area contributed by atoms with Gasteiger partial charge in [-0.05, 0) is 30.4 Å². The number of aryl methyl sites for hydroxylation is 1. The van der Waals surface area contributed by atoms with Crippen LogP contribution in [-0.4, -0.2) is 22.9 Å². The standard InChI is InChI=1S/C19H33NO2.ClH/c1-3-5-6-7-8-9-10-16-11-13-17(14-12-16)19(20,15-21)18(22)4-2;/h11-14,18,21-22H,3-10,15,20H2,1-2H3;1H. The molecule has 2 atom stereocenters. The van der Waals surface area contributed by atoms with Gasteiger partial charge in [0.15, 0.2) is 0 Å². The first kappa shape index (κ1) is 22.4. The zero-order valence-corrected chi connectivity index (χ0v) is 15.4. The number of nitrogens with two attached hydrogens (primary N) is 1. The minimum atomic E-state index is -1.06. The number of rotatable bonds is 11. The number of aliphatic hydroxyl groups excluding tert-OH is 2. The molecule has 4 N–H and O–H groups in total. The van der Waals surface area contributed by atoms with Gasteiger partial charge in [0.05, 0.1) is 18.2 Å². The van der Waals surface area contributed by atoms with Gasteiger partial charge in [-0.3, -0.25) is 0 Å². The second-order valence-electron chi connectivity index (χ2n) is 6.34. The van der Waals surface area contributed by atoms with Crippen LogP contribution < -0.4 is 5.73 Å². The van der Waals surface area contributed by atoms with Crippen molar-refractivity contribution < 1.29 is 10.2 Å². The van der Waals surface area contributed by atoms with Crippen molar-refractivity contribution in [2.75, 3.05) is 6.61 Å². The normalized spacial score (nSPS) is 14.8. The van der Waals surface area contributed by atoms with Gasteiger partial charge in [0.25, 0.3) is 0 Å². The Morgan fingerprint density at radius 2 is 1.57 bits per heavy atom. The Labute approximate surface area is 147 Å². The lowest BCUT2D eigenvalue weighted by Gasteiger charge is -2.32. The quantitative estimate of drug-likeness (QED) is 0.533. The number of unbranched alkanes of at least 4 members (excludes halogenated alkanes) is 5. The molecule has 0 heterocycles. The van der Waals surface area contributed by atoms with E-state index in [1.165, 1.54) is 44.1 Å². The Morgan fingerprint density at radius 1 is 1.00 bits per heavy atom. The molecule has 23 heavy (non-hydrogen) atoms. The summed E-state index contributed by atoms with van der Waals surface area (Å²) in [4.78, 5) is 0. The minimum absolute atomic E-state index is 0. The molecule has 0 bridgehead atoms. The molecule has 134 valence electrons. The summed E-state index contributed by atoms with van der Waals surface area (Å²) in [7, 11) is 0. The van der Waals surface area contributed by atoms with E-state index in [9.17, 15) is 10.2 Å². The smallest absolute Gasteiger partial charge is 0.0906 e. The maximum atomic E-state index is 10.1. The molecule has 0 aromatic heterocycles. The van der Waals surface area contributed by atoms with Crippen molar-refractivity contribution in [2.45, 2.75) is 76.9 Å². The van der Waals surface area contributed by atoms with E-state index < -0.39 is 11.6 Å². The van der Waals surface area contributed by atoms with Gasteiger partial charge < -0.3 is 15.9 Å². The molecule has 4 heteroatoms. The summed E-state index contributed by atoms with van der Waals surface area (Å²) >= 11 is 0. The molecule has 0 aliphatic heterocycles. The molecule has 0 amide bonds. The highest BCUT2D eigenvalue weighted by atomic mass is 35.5. The predicted octanol–water partition coefficient (Wildman–Crippen LogP) is 3.93. The fourth-order valence-electron chi connectivity index (χ4n) is 2.84. The van der Waals surface area contributed by atoms with Gasteiger partial charge in [-0.1, -0.05) is 70.2 Å². The summed E-state index contributed by atoms with van der Waals surface area (Å²) in [5, 5.41) is 19.6. The minimum Gasteiger partial charge on any atom is -0.394 e. The Morgan fingerprint density at radius 3 is 2.09 bits per heavy atom. The summed E-state index contributed by atoms with van der Waals surface area (Å²) in [5.41, 5.74) is 7.23. The van der Waals surface area contributed by atoms with E-state index in [0.29, 0.717) is 6.42 Å². The Hall–Kier alpha value is -0.610. The van der Waals surface area contributed by atoms with Crippen LogP contribution in [-0.2, 0) is 12.0 Å². The van der Waals surface area contributed by atoms with E-state index in [4.69, 9.17) is 5.73 Å². The second-order valence-corrected chi connectivity index (χ2v) is 6.34. The molecular formula is C19H34ClNO2. The van der Waals surface area contributed by atoms with Crippen molar-refractivity contribution in [3.05, 3.63) is 35.4 Å². The fraction of sp³-hybridized carbons (Fsp3) is 0.684. The molecular weight excluding hydrogens is 310 g/mol. The number of hydrogen-bond acceptors (Lipinski definition) is 3. The number of aliphatic hydroxyl groups is 2. The molecule has 0 spiro atoms. The van der Waals surface area contributed by atoms with E-state index in [2.05, 4.69) is 19.1 Å². The summed E-state index contributed by atoms with van der Waals surface area (Å²) < 4.78 is 0.